The van der Waals surface area contributed by atoms with Crippen molar-refractivity contribution in [1.29, 1.82) is 0 Å². The van der Waals surface area contributed by atoms with Crippen LogP contribution in [0.2, 0.25) is 0 Å². The number of nitro groups is 1. The van der Waals surface area contributed by atoms with Crippen LogP contribution in [0.3, 0.4) is 0 Å². The fraction of sp³-hybridized carbons (Fsp3) is 0.350. The quantitative estimate of drug-likeness (QED) is 0.553. The van der Waals surface area contributed by atoms with Crippen molar-refractivity contribution in [1.82, 2.24) is 4.90 Å². The van der Waals surface area contributed by atoms with Crippen LogP contribution in [-0.2, 0) is 0 Å². The Balaban J connectivity index is 1.83. The Bertz CT molecular complexity index is 838. The smallest absolute Gasteiger partial charge is 0.284 e. The number of benzene rings is 2. The number of piperidine rings is 1. The van der Waals surface area contributed by atoms with E-state index in [-0.39, 0.29) is 11.6 Å². The second-order valence-electron chi connectivity index (χ2n) is 6.72. The van der Waals surface area contributed by atoms with E-state index in [0.29, 0.717) is 29.5 Å². The van der Waals surface area contributed by atoms with E-state index in [4.69, 9.17) is 4.74 Å². The van der Waals surface area contributed by atoms with Crippen LogP contribution in [0.25, 0.3) is 0 Å². The average molecular weight is 386 g/mol. The molecule has 142 valence electrons. The third-order valence-electron chi connectivity index (χ3n) is 4.63. The predicted octanol–water partition coefficient (Wildman–Crippen LogP) is 4.63. The maximum Gasteiger partial charge on any atom is 0.284 e. The van der Waals surface area contributed by atoms with E-state index >= 15 is 0 Å². The lowest BCUT2D eigenvalue weighted by molar-refractivity contribution is -0.387. The third-order valence-corrected chi connectivity index (χ3v) is 5.71. The molecule has 0 saturated carbocycles. The molecule has 1 heterocycles. The van der Waals surface area contributed by atoms with Gasteiger partial charge in [0, 0.05) is 29.6 Å². The summed E-state index contributed by atoms with van der Waals surface area (Å²) in [4.78, 5) is 27.0. The molecule has 1 atom stereocenters. The Kier molecular flexibility index (Phi) is 6.01. The van der Waals surface area contributed by atoms with Gasteiger partial charge in [0.25, 0.3) is 11.6 Å². The minimum atomic E-state index is -0.429. The number of nitro benzene ring substituents is 1. The molecule has 1 fully saturated rings. The van der Waals surface area contributed by atoms with Crippen LogP contribution in [0, 0.1) is 16.0 Å². The maximum absolute atomic E-state index is 12.7. The van der Waals surface area contributed by atoms with E-state index in [0.717, 1.165) is 23.5 Å². The fourth-order valence-corrected chi connectivity index (χ4v) is 4.11. The number of hydrogen-bond donors (Lipinski definition) is 0. The second kappa shape index (κ2) is 8.43. The topological polar surface area (TPSA) is 72.7 Å². The van der Waals surface area contributed by atoms with Crippen molar-refractivity contribution < 1.29 is 14.5 Å². The number of nitrogens with zero attached hydrogens (tertiary/aromatic N) is 2. The van der Waals surface area contributed by atoms with Crippen molar-refractivity contribution in [2.45, 2.75) is 29.6 Å². The first kappa shape index (κ1) is 19.2. The highest BCUT2D eigenvalue weighted by Gasteiger charge is 2.25. The number of carbonyl (C=O) groups excluding carboxylic acids is 1. The molecule has 0 unspecified atom stereocenters. The summed E-state index contributed by atoms with van der Waals surface area (Å²) in [6.07, 6.45) is 2.09. The molecule has 2 aromatic rings. The van der Waals surface area contributed by atoms with Gasteiger partial charge in [0.15, 0.2) is 0 Å². The van der Waals surface area contributed by atoms with E-state index in [2.05, 4.69) is 6.92 Å². The van der Waals surface area contributed by atoms with Crippen LogP contribution < -0.4 is 4.74 Å². The van der Waals surface area contributed by atoms with Gasteiger partial charge in [-0.05, 0) is 55.2 Å². The molecule has 6 nitrogen and oxygen atoms in total. The van der Waals surface area contributed by atoms with Gasteiger partial charge in [0.1, 0.15) is 5.75 Å². The summed E-state index contributed by atoms with van der Waals surface area (Å²) in [6.45, 7) is 3.53. The van der Waals surface area contributed by atoms with Gasteiger partial charge in [-0.2, -0.15) is 0 Å². The Hall–Kier alpha value is -2.54. The summed E-state index contributed by atoms with van der Waals surface area (Å²) in [5.74, 6) is 1.05. The van der Waals surface area contributed by atoms with Gasteiger partial charge >= 0.3 is 0 Å². The van der Waals surface area contributed by atoms with Gasteiger partial charge in [0.2, 0.25) is 0 Å². The molecule has 1 amide bonds. The molecule has 2 aromatic carbocycles. The first-order valence-electron chi connectivity index (χ1n) is 8.87. The molecule has 0 aromatic heterocycles. The van der Waals surface area contributed by atoms with Crippen LogP contribution in [0.5, 0.6) is 5.75 Å². The van der Waals surface area contributed by atoms with Crippen LogP contribution in [0.15, 0.2) is 52.3 Å². The largest absolute Gasteiger partial charge is 0.497 e. The van der Waals surface area contributed by atoms with Crippen molar-refractivity contribution in [2.24, 2.45) is 5.92 Å². The molecule has 0 radical (unpaired) electrons. The maximum atomic E-state index is 12.7. The molecule has 27 heavy (non-hydrogen) atoms. The first-order chi connectivity index (χ1) is 13.0. The van der Waals surface area contributed by atoms with Crippen molar-refractivity contribution >= 4 is 23.4 Å². The molecule has 0 aliphatic carbocycles. The lowest BCUT2D eigenvalue weighted by atomic mass is 9.99. The summed E-state index contributed by atoms with van der Waals surface area (Å²) in [7, 11) is 1.59. The summed E-state index contributed by atoms with van der Waals surface area (Å²) in [5.41, 5.74) is 0.321. The Morgan fingerprint density at radius 1 is 1.26 bits per heavy atom. The zero-order chi connectivity index (χ0) is 19.4. The van der Waals surface area contributed by atoms with Gasteiger partial charge in [-0.3, -0.25) is 14.9 Å². The molecule has 1 saturated heterocycles. The number of methoxy groups -OCH3 is 1. The number of hydrogen-bond acceptors (Lipinski definition) is 5. The fourth-order valence-electron chi connectivity index (χ4n) is 3.21. The molecular weight excluding hydrogens is 364 g/mol. The van der Waals surface area contributed by atoms with E-state index < -0.39 is 4.92 Å². The Morgan fingerprint density at radius 2 is 2.00 bits per heavy atom. The zero-order valence-electron chi connectivity index (χ0n) is 15.4. The summed E-state index contributed by atoms with van der Waals surface area (Å²) in [6, 6.07) is 12.1. The van der Waals surface area contributed by atoms with E-state index in [1.54, 1.807) is 24.1 Å². The van der Waals surface area contributed by atoms with Crippen LogP contribution in [0.1, 0.15) is 30.1 Å². The number of rotatable bonds is 5. The lowest BCUT2D eigenvalue weighted by Crippen LogP contribution is -2.39. The lowest BCUT2D eigenvalue weighted by Gasteiger charge is -2.31. The second-order valence-corrected chi connectivity index (χ2v) is 7.83. The number of carbonyl (C=O) groups is 1. The molecule has 7 heteroatoms. The number of amides is 1. The zero-order valence-corrected chi connectivity index (χ0v) is 16.2. The molecule has 0 N–H and O–H groups in total. The van der Waals surface area contributed by atoms with Gasteiger partial charge in [0.05, 0.1) is 16.9 Å². The minimum absolute atomic E-state index is 0.0493. The average Bonchev–Trinajstić information content (AvgIpc) is 2.68. The molecule has 1 aliphatic heterocycles. The Labute approximate surface area is 162 Å². The van der Waals surface area contributed by atoms with Crippen molar-refractivity contribution in [3.8, 4) is 5.75 Å². The van der Waals surface area contributed by atoms with Gasteiger partial charge in [-0.1, -0.05) is 18.7 Å². The molecule has 0 spiro atoms. The standard InChI is InChI=1S/C20H22N2O4S/c1-14-4-3-11-21(13-14)20(23)15-5-10-19(18(12-15)22(24)25)27-17-8-6-16(26-2)7-9-17/h5-10,12,14H,3-4,11,13H2,1-2H3/t14-/m0/s1. The molecular formula is C20H22N2O4S. The van der Waals surface area contributed by atoms with Crippen molar-refractivity contribution in [3.63, 3.8) is 0 Å². The predicted molar refractivity (Wildman–Crippen MR) is 105 cm³/mol. The number of ether oxygens (including phenoxy) is 1. The van der Waals surface area contributed by atoms with Crippen LogP contribution in [-0.4, -0.2) is 35.9 Å². The summed E-state index contributed by atoms with van der Waals surface area (Å²) >= 11 is 1.30. The highest BCUT2D eigenvalue weighted by Crippen LogP contribution is 2.36. The van der Waals surface area contributed by atoms with Gasteiger partial charge in [-0.25, -0.2) is 0 Å². The Morgan fingerprint density at radius 3 is 2.63 bits per heavy atom. The van der Waals surface area contributed by atoms with Gasteiger partial charge < -0.3 is 9.64 Å². The van der Waals surface area contributed by atoms with Crippen LogP contribution >= 0.6 is 11.8 Å². The first-order valence-corrected chi connectivity index (χ1v) is 9.69. The molecule has 3 rings (SSSR count). The highest BCUT2D eigenvalue weighted by molar-refractivity contribution is 7.99. The monoisotopic (exact) mass is 386 g/mol. The SMILES string of the molecule is COc1ccc(Sc2ccc(C(=O)N3CCC[C@H](C)C3)cc2[N+](=O)[O-])cc1. The number of likely N-dealkylation sites (tertiary alicyclic amines) is 1. The summed E-state index contributed by atoms with van der Waals surface area (Å²) in [5, 5.41) is 11.6. The summed E-state index contributed by atoms with van der Waals surface area (Å²) < 4.78 is 5.13. The van der Waals surface area contributed by atoms with Crippen LogP contribution in [0.4, 0.5) is 5.69 Å². The van der Waals surface area contributed by atoms with Gasteiger partial charge in [-0.15, -0.1) is 0 Å². The van der Waals surface area contributed by atoms with Crippen molar-refractivity contribution in [3.05, 3.63) is 58.1 Å². The highest BCUT2D eigenvalue weighted by atomic mass is 32.2. The molecule has 1 aliphatic rings. The van der Waals surface area contributed by atoms with Crippen molar-refractivity contribution in [2.75, 3.05) is 20.2 Å². The minimum Gasteiger partial charge on any atom is -0.497 e. The third kappa shape index (κ3) is 4.60. The van der Waals surface area contributed by atoms with E-state index in [1.165, 1.54) is 17.8 Å². The van der Waals surface area contributed by atoms with E-state index in [9.17, 15) is 14.9 Å². The van der Waals surface area contributed by atoms with E-state index in [1.807, 2.05) is 24.3 Å². The normalized spacial score (nSPS) is 16.8. The molecule has 0 bridgehead atoms.